The summed E-state index contributed by atoms with van der Waals surface area (Å²) in [6, 6.07) is 9.44. The van der Waals surface area contributed by atoms with Crippen LogP contribution in [0.5, 0.6) is 0 Å². The van der Waals surface area contributed by atoms with Gasteiger partial charge in [-0.15, -0.1) is 0 Å². The van der Waals surface area contributed by atoms with E-state index in [2.05, 4.69) is 21.2 Å². The van der Waals surface area contributed by atoms with Crippen LogP contribution in [0, 0.1) is 17.0 Å². The summed E-state index contributed by atoms with van der Waals surface area (Å²) in [5.74, 6) is -1.33. The van der Waals surface area contributed by atoms with E-state index >= 15 is 0 Å². The van der Waals surface area contributed by atoms with E-state index in [1.807, 2.05) is 24.0 Å². The van der Waals surface area contributed by atoms with Crippen molar-refractivity contribution >= 4 is 44.9 Å². The second-order valence-electron chi connectivity index (χ2n) is 6.67. The second-order valence-corrected chi connectivity index (χ2v) is 7.52. The Hall–Kier alpha value is -2.98. The summed E-state index contributed by atoms with van der Waals surface area (Å²) < 4.78 is 11.2. The lowest BCUT2D eigenvalue weighted by Gasteiger charge is -2.30. The molecule has 0 unspecified atom stereocenters. The van der Waals surface area contributed by atoms with Crippen molar-refractivity contribution < 1.29 is 24.0 Å². The lowest BCUT2D eigenvalue weighted by atomic mass is 10.1. The topological polar surface area (TPSA) is 111 Å². The maximum atomic E-state index is 12.7. The number of benzene rings is 2. The minimum atomic E-state index is -0.807. The van der Waals surface area contributed by atoms with Crippen LogP contribution in [0.2, 0.25) is 0 Å². The van der Waals surface area contributed by atoms with Gasteiger partial charge >= 0.3 is 5.97 Å². The Bertz CT molecular complexity index is 975. The number of ether oxygens (including phenoxy) is 2. The van der Waals surface area contributed by atoms with E-state index in [0.717, 1.165) is 5.56 Å². The Morgan fingerprint density at radius 1 is 1.23 bits per heavy atom. The molecule has 1 aliphatic heterocycles. The van der Waals surface area contributed by atoms with Gasteiger partial charge in [0.15, 0.2) is 6.61 Å². The maximum absolute atomic E-state index is 12.7. The molecule has 9 nitrogen and oxygen atoms in total. The van der Waals surface area contributed by atoms with Crippen molar-refractivity contribution in [2.75, 3.05) is 43.1 Å². The lowest BCUT2D eigenvalue weighted by molar-refractivity contribution is -0.384. The number of carbonyl (C=O) groups excluding carboxylic acids is 2. The molecule has 1 fully saturated rings. The van der Waals surface area contributed by atoms with Gasteiger partial charge in [-0.25, -0.2) is 4.79 Å². The summed E-state index contributed by atoms with van der Waals surface area (Å²) in [6.45, 7) is 3.45. The van der Waals surface area contributed by atoms with E-state index in [9.17, 15) is 19.7 Å². The van der Waals surface area contributed by atoms with Crippen LogP contribution in [-0.2, 0) is 14.3 Å². The number of nitro benzene ring substituents is 1. The van der Waals surface area contributed by atoms with Crippen LogP contribution < -0.4 is 10.2 Å². The minimum Gasteiger partial charge on any atom is -0.452 e. The van der Waals surface area contributed by atoms with Gasteiger partial charge in [-0.2, -0.15) is 0 Å². The van der Waals surface area contributed by atoms with E-state index in [4.69, 9.17) is 9.47 Å². The largest absolute Gasteiger partial charge is 0.452 e. The molecular weight excluding hydrogens is 458 g/mol. The van der Waals surface area contributed by atoms with Crippen LogP contribution in [0.4, 0.5) is 17.1 Å². The number of amides is 1. The van der Waals surface area contributed by atoms with Gasteiger partial charge in [-0.05, 0) is 46.6 Å². The quantitative estimate of drug-likeness (QED) is 0.385. The zero-order valence-electron chi connectivity index (χ0n) is 16.2. The van der Waals surface area contributed by atoms with Gasteiger partial charge in [0.05, 0.1) is 35.1 Å². The molecule has 0 radical (unpaired) electrons. The third-order valence-corrected chi connectivity index (χ3v) is 5.15. The van der Waals surface area contributed by atoms with E-state index in [1.165, 1.54) is 18.2 Å². The van der Waals surface area contributed by atoms with Crippen LogP contribution in [0.3, 0.4) is 0 Å². The minimum absolute atomic E-state index is 0.0374. The summed E-state index contributed by atoms with van der Waals surface area (Å²) in [7, 11) is 0. The van der Waals surface area contributed by atoms with Crippen LogP contribution >= 0.6 is 15.9 Å². The van der Waals surface area contributed by atoms with Crippen molar-refractivity contribution in [1.29, 1.82) is 0 Å². The second kappa shape index (κ2) is 9.68. The van der Waals surface area contributed by atoms with Gasteiger partial charge in [-0.3, -0.25) is 14.9 Å². The number of esters is 1. The number of non-ortho nitro benzene ring substituents is 1. The lowest BCUT2D eigenvalue weighted by Crippen LogP contribution is -2.37. The molecule has 0 saturated carbocycles. The Labute approximate surface area is 181 Å². The van der Waals surface area contributed by atoms with Crippen molar-refractivity contribution in [2.45, 2.75) is 6.92 Å². The van der Waals surface area contributed by atoms with E-state index < -0.39 is 23.4 Å². The molecule has 30 heavy (non-hydrogen) atoms. The average Bonchev–Trinajstić information content (AvgIpc) is 2.74. The standard InChI is InChI=1S/C20H20BrN3O6/c1-13-2-4-17(16(21)10-13)22-19(25)12-30-20(26)15-11-14(24(27)28)3-5-18(15)23-6-8-29-9-7-23/h2-5,10-11H,6-9,12H2,1H3,(H,22,25). The molecule has 1 heterocycles. The van der Waals surface area contributed by atoms with Gasteiger partial charge < -0.3 is 19.7 Å². The smallest absolute Gasteiger partial charge is 0.341 e. The molecular formula is C20H20BrN3O6. The summed E-state index contributed by atoms with van der Waals surface area (Å²) in [6.07, 6.45) is 0. The van der Waals surface area contributed by atoms with Gasteiger partial charge in [0.1, 0.15) is 0 Å². The zero-order valence-corrected chi connectivity index (χ0v) is 17.8. The third kappa shape index (κ3) is 5.33. The van der Waals surface area contributed by atoms with Crippen LogP contribution in [0.1, 0.15) is 15.9 Å². The summed E-state index contributed by atoms with van der Waals surface area (Å²) >= 11 is 3.37. The molecule has 0 atom stereocenters. The number of nitro groups is 1. The van der Waals surface area contributed by atoms with Crippen LogP contribution in [0.25, 0.3) is 0 Å². The van der Waals surface area contributed by atoms with E-state index in [-0.39, 0.29) is 11.3 Å². The number of nitrogens with zero attached hydrogens (tertiary/aromatic N) is 2. The first kappa shape index (κ1) is 21.7. The first-order valence-corrected chi connectivity index (χ1v) is 9.98. The molecule has 0 spiro atoms. The first-order chi connectivity index (χ1) is 14.3. The highest BCUT2D eigenvalue weighted by atomic mass is 79.9. The SMILES string of the molecule is Cc1ccc(NC(=O)COC(=O)c2cc([N+](=O)[O-])ccc2N2CCOCC2)c(Br)c1. The molecule has 1 amide bonds. The van der Waals surface area contributed by atoms with E-state index in [0.29, 0.717) is 42.2 Å². The number of hydrogen-bond donors (Lipinski definition) is 1. The number of aryl methyl sites for hydroxylation is 1. The molecule has 10 heteroatoms. The number of carbonyl (C=O) groups is 2. The maximum Gasteiger partial charge on any atom is 0.341 e. The Morgan fingerprint density at radius 3 is 2.63 bits per heavy atom. The van der Waals surface area contributed by atoms with E-state index in [1.54, 1.807) is 6.07 Å². The summed E-state index contributed by atoms with van der Waals surface area (Å²) in [5, 5.41) is 13.8. The highest BCUT2D eigenvalue weighted by Crippen LogP contribution is 2.27. The van der Waals surface area contributed by atoms with Gasteiger partial charge in [0.25, 0.3) is 11.6 Å². The predicted molar refractivity (Wildman–Crippen MR) is 114 cm³/mol. The molecule has 0 aromatic heterocycles. The fourth-order valence-corrected chi connectivity index (χ4v) is 3.59. The first-order valence-electron chi connectivity index (χ1n) is 9.19. The monoisotopic (exact) mass is 477 g/mol. The van der Waals surface area contributed by atoms with Crippen LogP contribution in [-0.4, -0.2) is 49.7 Å². The van der Waals surface area contributed by atoms with Gasteiger partial charge in [0.2, 0.25) is 0 Å². The van der Waals surface area contributed by atoms with Gasteiger partial charge in [-0.1, -0.05) is 6.07 Å². The fraction of sp³-hybridized carbons (Fsp3) is 0.300. The molecule has 3 rings (SSSR count). The third-order valence-electron chi connectivity index (χ3n) is 4.50. The molecule has 1 saturated heterocycles. The van der Waals surface area contributed by atoms with Crippen molar-refractivity contribution in [3.8, 4) is 0 Å². The molecule has 0 bridgehead atoms. The Morgan fingerprint density at radius 2 is 1.97 bits per heavy atom. The van der Waals surface area contributed by atoms with Crippen molar-refractivity contribution in [2.24, 2.45) is 0 Å². The summed E-state index contributed by atoms with van der Waals surface area (Å²) in [5.41, 5.74) is 1.89. The number of morpholine rings is 1. The predicted octanol–water partition coefficient (Wildman–Crippen LogP) is 3.30. The number of rotatable bonds is 6. The number of halogens is 1. The normalized spacial score (nSPS) is 13.6. The Kier molecular flexibility index (Phi) is 7.01. The van der Waals surface area contributed by atoms with Crippen molar-refractivity contribution in [1.82, 2.24) is 0 Å². The number of hydrogen-bond acceptors (Lipinski definition) is 7. The molecule has 158 valence electrons. The van der Waals surface area contributed by atoms with Crippen molar-refractivity contribution in [3.05, 3.63) is 62.1 Å². The molecule has 1 aliphatic rings. The average molecular weight is 478 g/mol. The molecule has 2 aromatic rings. The fourth-order valence-electron chi connectivity index (χ4n) is 3.00. The number of nitrogens with one attached hydrogen (secondary N) is 1. The molecule has 0 aliphatic carbocycles. The Balaban J connectivity index is 1.72. The summed E-state index contributed by atoms with van der Waals surface area (Å²) in [4.78, 5) is 37.3. The van der Waals surface area contributed by atoms with Gasteiger partial charge in [0, 0.05) is 29.7 Å². The molecule has 1 N–H and O–H groups in total. The molecule has 2 aromatic carbocycles. The van der Waals surface area contributed by atoms with Crippen molar-refractivity contribution in [3.63, 3.8) is 0 Å². The zero-order chi connectivity index (χ0) is 21.7. The van der Waals surface area contributed by atoms with Crippen LogP contribution in [0.15, 0.2) is 40.9 Å². The number of anilines is 2. The highest BCUT2D eigenvalue weighted by molar-refractivity contribution is 9.10. The highest BCUT2D eigenvalue weighted by Gasteiger charge is 2.23.